The van der Waals surface area contributed by atoms with Gasteiger partial charge in [-0.3, -0.25) is 0 Å². The zero-order chi connectivity index (χ0) is 15.3. The summed E-state index contributed by atoms with van der Waals surface area (Å²) in [6.07, 6.45) is 17.8. The van der Waals surface area contributed by atoms with Crippen LogP contribution in [0.3, 0.4) is 0 Å². The minimum absolute atomic E-state index is 0.0736. The summed E-state index contributed by atoms with van der Waals surface area (Å²) < 4.78 is 3.31. The smallest absolute Gasteiger partial charge is 0.0569 e. The molecule has 0 radical (unpaired) electrons. The van der Waals surface area contributed by atoms with Gasteiger partial charge in [0, 0.05) is 0 Å². The van der Waals surface area contributed by atoms with Gasteiger partial charge in [-0.05, 0) is 0 Å². The second kappa shape index (κ2) is 24.7. The monoisotopic (exact) mass is 393 g/mol. The van der Waals surface area contributed by atoms with Gasteiger partial charge in [0.05, 0.1) is 7.11 Å². The molecular formula is C17H39NOSn+2. The van der Waals surface area contributed by atoms with E-state index in [1.807, 2.05) is 0 Å². The van der Waals surface area contributed by atoms with Crippen LogP contribution in [0.15, 0.2) is 0 Å². The summed E-state index contributed by atoms with van der Waals surface area (Å²) in [6.45, 7) is 4.60. The van der Waals surface area contributed by atoms with Gasteiger partial charge in [0.1, 0.15) is 0 Å². The summed E-state index contributed by atoms with van der Waals surface area (Å²) >= 11 is 0.0736. The van der Waals surface area contributed by atoms with E-state index in [0.717, 1.165) is 0 Å². The molecule has 120 valence electrons. The summed E-state index contributed by atoms with van der Waals surface area (Å²) in [5, 5.41) is 0. The van der Waals surface area contributed by atoms with Crippen LogP contribution in [0.1, 0.15) is 90.9 Å². The normalized spacial score (nSPS) is 9.80. The molecule has 0 fully saturated rings. The molecule has 0 saturated heterocycles. The second-order valence-electron chi connectivity index (χ2n) is 5.52. The van der Waals surface area contributed by atoms with Crippen LogP contribution in [-0.2, 0) is 4.84 Å². The van der Waals surface area contributed by atoms with Crippen molar-refractivity contribution in [2.45, 2.75) is 99.8 Å². The largest absolute Gasteiger partial charge is 0.308 e. The fourth-order valence-electron chi connectivity index (χ4n) is 2.19. The van der Waals surface area contributed by atoms with Crippen molar-refractivity contribution in [3.8, 4) is 0 Å². The molecule has 0 saturated carbocycles. The van der Waals surface area contributed by atoms with Gasteiger partial charge in [0.25, 0.3) is 0 Å². The zero-order valence-corrected chi connectivity index (χ0v) is 17.2. The van der Waals surface area contributed by atoms with Crippen molar-refractivity contribution in [1.82, 2.24) is 0 Å². The van der Waals surface area contributed by atoms with Crippen molar-refractivity contribution in [3.63, 3.8) is 0 Å². The van der Waals surface area contributed by atoms with Crippen LogP contribution in [0, 0.1) is 0 Å². The Kier molecular flexibility index (Phi) is 28.4. The van der Waals surface area contributed by atoms with Crippen molar-refractivity contribution in [3.05, 3.63) is 0 Å². The molecule has 0 atom stereocenters. The Morgan fingerprint density at radius 3 is 1.30 bits per heavy atom. The van der Waals surface area contributed by atoms with Crippen LogP contribution in [-0.4, -0.2) is 28.3 Å². The molecule has 20 heavy (non-hydrogen) atoms. The summed E-state index contributed by atoms with van der Waals surface area (Å²) in [5.74, 6) is 4.35. The molecule has 2 N–H and O–H groups in total. The molecule has 0 aliphatic heterocycles. The number of rotatable bonds is 14. The van der Waals surface area contributed by atoms with Gasteiger partial charge in [-0.2, -0.15) is 0 Å². The van der Waals surface area contributed by atoms with Crippen molar-refractivity contribution >= 4 is 21.1 Å². The summed E-state index contributed by atoms with van der Waals surface area (Å²) in [7, 11) is 1.40. The first-order chi connectivity index (χ1) is 9.83. The average Bonchev–Trinajstić information content (AvgIpc) is 2.45. The Morgan fingerprint density at radius 2 is 0.950 bits per heavy atom. The van der Waals surface area contributed by atoms with Gasteiger partial charge in [-0.25, -0.2) is 5.90 Å². The summed E-state index contributed by atoms with van der Waals surface area (Å²) in [4.78, 5) is 3.75. The van der Waals surface area contributed by atoms with Crippen LogP contribution >= 0.6 is 0 Å². The van der Waals surface area contributed by atoms with E-state index in [0.29, 0.717) is 0 Å². The van der Waals surface area contributed by atoms with E-state index in [-0.39, 0.29) is 21.1 Å². The Balaban J connectivity index is 0. The molecule has 0 rings (SSSR count). The minimum atomic E-state index is 0.0736. The standard InChI is InChI=1S/2C8H17.CH5NO.Sn/c2*1-3-5-7-8-6-4-2;1-3-2;/h2*1,3-8H2,2H3;2H2,1H3;/q;;;+2. The van der Waals surface area contributed by atoms with Crippen molar-refractivity contribution < 1.29 is 4.84 Å². The fourth-order valence-corrected chi connectivity index (χ4v) is 5.75. The number of hydrogen-bond donors (Lipinski definition) is 1. The van der Waals surface area contributed by atoms with Crippen LogP contribution in [0.4, 0.5) is 0 Å². The number of unbranched alkanes of at least 4 members (excludes halogenated alkanes) is 10. The van der Waals surface area contributed by atoms with E-state index in [1.54, 1.807) is 21.7 Å². The first-order valence-electron chi connectivity index (χ1n) is 8.77. The van der Waals surface area contributed by atoms with Gasteiger partial charge in [0.2, 0.25) is 0 Å². The molecule has 0 unspecified atom stereocenters. The van der Waals surface area contributed by atoms with E-state index in [2.05, 4.69) is 24.6 Å². The van der Waals surface area contributed by atoms with Gasteiger partial charge >= 0.3 is 121 Å². The SMILES string of the molecule is CCCCCCC[CH2][Sn+2][CH2]CCCCCCC.CON. The molecule has 0 heterocycles. The van der Waals surface area contributed by atoms with Crippen molar-refractivity contribution in [2.24, 2.45) is 5.90 Å². The summed E-state index contributed by atoms with van der Waals surface area (Å²) in [5.41, 5.74) is 0. The van der Waals surface area contributed by atoms with Crippen LogP contribution in [0.5, 0.6) is 0 Å². The maximum atomic E-state index is 4.35. The van der Waals surface area contributed by atoms with E-state index in [1.165, 1.54) is 71.3 Å². The third-order valence-electron chi connectivity index (χ3n) is 3.41. The van der Waals surface area contributed by atoms with Crippen LogP contribution < -0.4 is 5.90 Å². The molecule has 3 heteroatoms. The second-order valence-corrected chi connectivity index (χ2v) is 9.80. The van der Waals surface area contributed by atoms with E-state index >= 15 is 0 Å². The van der Waals surface area contributed by atoms with Gasteiger partial charge in [-0.15, -0.1) is 0 Å². The molecule has 0 spiro atoms. The van der Waals surface area contributed by atoms with Crippen LogP contribution in [0.25, 0.3) is 0 Å². The Labute approximate surface area is 138 Å². The molecule has 0 aromatic heterocycles. The van der Waals surface area contributed by atoms with Gasteiger partial charge < -0.3 is 4.84 Å². The first-order valence-corrected chi connectivity index (χ1v) is 12.8. The number of nitrogens with two attached hydrogens (primary N) is 1. The third-order valence-corrected chi connectivity index (χ3v) is 7.45. The molecule has 0 aliphatic carbocycles. The third kappa shape index (κ3) is 27.1. The molecular weight excluding hydrogens is 353 g/mol. The van der Waals surface area contributed by atoms with Crippen LogP contribution in [0.2, 0.25) is 8.87 Å². The predicted octanol–water partition coefficient (Wildman–Crippen LogP) is 5.75. The van der Waals surface area contributed by atoms with Gasteiger partial charge in [-0.1, -0.05) is 0 Å². The molecule has 0 aromatic carbocycles. The molecule has 0 bridgehead atoms. The Morgan fingerprint density at radius 1 is 0.650 bits per heavy atom. The maximum Gasteiger partial charge on any atom is 0.0569 e. The van der Waals surface area contributed by atoms with Crippen molar-refractivity contribution in [2.75, 3.05) is 7.11 Å². The van der Waals surface area contributed by atoms with Crippen molar-refractivity contribution in [1.29, 1.82) is 0 Å². The zero-order valence-electron chi connectivity index (χ0n) is 14.4. The molecule has 0 amide bonds. The number of hydrogen-bond acceptors (Lipinski definition) is 2. The first kappa shape index (κ1) is 23.0. The van der Waals surface area contributed by atoms with Gasteiger partial charge in [0.15, 0.2) is 0 Å². The fraction of sp³-hybridized carbons (Fsp3) is 1.00. The summed E-state index contributed by atoms with van der Waals surface area (Å²) in [6, 6.07) is 0. The van der Waals surface area contributed by atoms with E-state index < -0.39 is 0 Å². The topological polar surface area (TPSA) is 35.2 Å². The maximum absolute atomic E-state index is 4.35. The van der Waals surface area contributed by atoms with E-state index in [9.17, 15) is 0 Å². The van der Waals surface area contributed by atoms with E-state index in [4.69, 9.17) is 0 Å². The molecule has 0 aromatic rings. The Hall–Kier alpha value is 0.719. The minimum Gasteiger partial charge on any atom is -0.308 e. The Bertz CT molecular complexity index is 131. The molecule has 2 nitrogen and oxygen atoms in total. The average molecular weight is 392 g/mol. The molecule has 0 aliphatic rings. The quantitative estimate of drug-likeness (QED) is 0.232. The predicted molar refractivity (Wildman–Crippen MR) is 93.3 cm³/mol.